The van der Waals surface area contributed by atoms with Crippen LogP contribution >= 0.6 is 0 Å². The Kier molecular flexibility index (Phi) is 6.06. The van der Waals surface area contributed by atoms with Crippen molar-refractivity contribution in [2.24, 2.45) is 5.92 Å². The van der Waals surface area contributed by atoms with Gasteiger partial charge in [0, 0.05) is 19.3 Å². The quantitative estimate of drug-likeness (QED) is 0.806. The highest BCUT2D eigenvalue weighted by atomic mass is 19.3. The first-order valence-corrected chi connectivity index (χ1v) is 6.63. The number of amides is 1. The molecule has 0 aliphatic rings. The van der Waals surface area contributed by atoms with E-state index >= 15 is 0 Å². The molecule has 0 bridgehead atoms. The summed E-state index contributed by atoms with van der Waals surface area (Å²) in [6, 6.07) is 0. The molecule has 1 aromatic heterocycles. The molecule has 1 atom stereocenters. The van der Waals surface area contributed by atoms with Gasteiger partial charge < -0.3 is 10.4 Å². The van der Waals surface area contributed by atoms with E-state index in [1.54, 1.807) is 6.92 Å². The topological polar surface area (TPSA) is 67.2 Å². The molecule has 0 aromatic carbocycles. The van der Waals surface area contributed by atoms with Crippen LogP contribution in [0.15, 0.2) is 6.20 Å². The first kappa shape index (κ1) is 16.6. The van der Waals surface area contributed by atoms with Crippen LogP contribution in [0.4, 0.5) is 8.78 Å². The summed E-state index contributed by atoms with van der Waals surface area (Å²) in [7, 11) is 0. The van der Waals surface area contributed by atoms with Gasteiger partial charge in [0.15, 0.2) is 5.69 Å². The Balaban J connectivity index is 2.80. The molecule has 5 nitrogen and oxygen atoms in total. The summed E-state index contributed by atoms with van der Waals surface area (Å²) in [4.78, 5) is 11.8. The Morgan fingerprint density at radius 2 is 2.10 bits per heavy atom. The lowest BCUT2D eigenvalue weighted by Crippen LogP contribution is -2.27. The van der Waals surface area contributed by atoms with Crippen molar-refractivity contribution in [2.75, 3.05) is 6.54 Å². The fourth-order valence-corrected chi connectivity index (χ4v) is 1.72. The van der Waals surface area contributed by atoms with Crippen LogP contribution in [0, 0.1) is 5.92 Å². The molecule has 0 aliphatic carbocycles. The monoisotopic (exact) mass is 289 g/mol. The molecule has 0 spiro atoms. The van der Waals surface area contributed by atoms with Gasteiger partial charge in [0.25, 0.3) is 12.3 Å². The van der Waals surface area contributed by atoms with Crippen LogP contribution in [0.25, 0.3) is 0 Å². The number of halogens is 2. The molecule has 0 aliphatic heterocycles. The van der Waals surface area contributed by atoms with E-state index in [-0.39, 0.29) is 23.7 Å². The lowest BCUT2D eigenvalue weighted by atomic mass is 10.2. The normalized spacial score (nSPS) is 13.0. The van der Waals surface area contributed by atoms with Gasteiger partial charge in [-0.3, -0.25) is 9.48 Å². The van der Waals surface area contributed by atoms with Crippen LogP contribution in [-0.4, -0.2) is 33.4 Å². The Morgan fingerprint density at radius 1 is 1.45 bits per heavy atom. The Hall–Kier alpha value is -1.50. The third-order valence-corrected chi connectivity index (χ3v) is 2.64. The summed E-state index contributed by atoms with van der Waals surface area (Å²) in [5.74, 6) is -0.393. The summed E-state index contributed by atoms with van der Waals surface area (Å²) in [6.07, 6.45) is -1.71. The maximum absolute atomic E-state index is 12.9. The molecule has 0 saturated heterocycles. The van der Waals surface area contributed by atoms with Crippen molar-refractivity contribution >= 4 is 5.91 Å². The van der Waals surface area contributed by atoms with E-state index in [9.17, 15) is 13.6 Å². The van der Waals surface area contributed by atoms with E-state index in [0.29, 0.717) is 13.0 Å². The lowest BCUT2D eigenvalue weighted by Gasteiger charge is -2.06. The SMILES string of the molecule is CC(C)Cn1cc(C(F)F)c(C(=O)NCCC(C)O)n1. The molecule has 2 N–H and O–H groups in total. The van der Waals surface area contributed by atoms with Crippen molar-refractivity contribution in [2.45, 2.75) is 46.3 Å². The van der Waals surface area contributed by atoms with E-state index in [1.807, 2.05) is 13.8 Å². The number of rotatable bonds is 7. The van der Waals surface area contributed by atoms with E-state index < -0.39 is 18.4 Å². The molecule has 1 aromatic rings. The van der Waals surface area contributed by atoms with E-state index in [0.717, 1.165) is 0 Å². The number of hydrogen-bond donors (Lipinski definition) is 2. The third-order valence-electron chi connectivity index (χ3n) is 2.64. The molecule has 1 unspecified atom stereocenters. The summed E-state index contributed by atoms with van der Waals surface area (Å²) < 4.78 is 27.2. The molecular weight excluding hydrogens is 268 g/mol. The number of aromatic nitrogens is 2. The molecular formula is C13H21F2N3O2. The number of aliphatic hydroxyl groups excluding tert-OH is 1. The van der Waals surface area contributed by atoms with E-state index in [2.05, 4.69) is 10.4 Å². The summed E-state index contributed by atoms with van der Waals surface area (Å²) in [6.45, 7) is 6.16. The zero-order valence-electron chi connectivity index (χ0n) is 11.9. The fourth-order valence-electron chi connectivity index (χ4n) is 1.72. The highest BCUT2D eigenvalue weighted by Gasteiger charge is 2.23. The predicted octanol–water partition coefficient (Wildman–Crippen LogP) is 1.98. The van der Waals surface area contributed by atoms with Crippen molar-refractivity contribution in [1.82, 2.24) is 15.1 Å². The largest absolute Gasteiger partial charge is 0.393 e. The molecule has 114 valence electrons. The van der Waals surface area contributed by atoms with Gasteiger partial charge in [-0.15, -0.1) is 0 Å². The first-order valence-electron chi connectivity index (χ1n) is 6.63. The van der Waals surface area contributed by atoms with Crippen LogP contribution in [0.3, 0.4) is 0 Å². The van der Waals surface area contributed by atoms with Crippen LogP contribution in [0.5, 0.6) is 0 Å². The maximum atomic E-state index is 12.9. The van der Waals surface area contributed by atoms with Gasteiger partial charge in [-0.2, -0.15) is 5.10 Å². The lowest BCUT2D eigenvalue weighted by molar-refractivity contribution is 0.0926. The van der Waals surface area contributed by atoms with Gasteiger partial charge in [0.1, 0.15) is 0 Å². The maximum Gasteiger partial charge on any atom is 0.272 e. The van der Waals surface area contributed by atoms with Crippen LogP contribution in [-0.2, 0) is 6.54 Å². The smallest absolute Gasteiger partial charge is 0.272 e. The van der Waals surface area contributed by atoms with Crippen molar-refractivity contribution in [3.05, 3.63) is 17.5 Å². The van der Waals surface area contributed by atoms with Crippen molar-refractivity contribution in [3.63, 3.8) is 0 Å². The van der Waals surface area contributed by atoms with Gasteiger partial charge in [-0.25, -0.2) is 8.78 Å². The summed E-state index contributed by atoms with van der Waals surface area (Å²) >= 11 is 0. The predicted molar refractivity (Wildman–Crippen MR) is 70.7 cm³/mol. The van der Waals surface area contributed by atoms with Gasteiger partial charge in [-0.05, 0) is 19.3 Å². The number of alkyl halides is 2. The minimum absolute atomic E-state index is 0.218. The van der Waals surface area contributed by atoms with Crippen LogP contribution in [0.2, 0.25) is 0 Å². The number of carbonyl (C=O) groups excluding carboxylic acids is 1. The zero-order chi connectivity index (χ0) is 15.3. The number of nitrogens with one attached hydrogen (secondary N) is 1. The van der Waals surface area contributed by atoms with Gasteiger partial charge in [0.05, 0.1) is 11.7 Å². The van der Waals surface area contributed by atoms with Gasteiger partial charge >= 0.3 is 0 Å². The average Bonchev–Trinajstić information content (AvgIpc) is 2.71. The first-order chi connectivity index (χ1) is 9.31. The molecule has 1 amide bonds. The second-order valence-corrected chi connectivity index (χ2v) is 5.24. The molecule has 1 rings (SSSR count). The number of hydrogen-bond acceptors (Lipinski definition) is 3. The van der Waals surface area contributed by atoms with Crippen molar-refractivity contribution < 1.29 is 18.7 Å². The Morgan fingerprint density at radius 3 is 2.60 bits per heavy atom. The number of aliphatic hydroxyl groups is 1. The standard InChI is InChI=1S/C13H21F2N3O2/c1-8(2)6-18-7-10(12(14)15)11(17-18)13(20)16-5-4-9(3)19/h7-9,12,19H,4-6H2,1-3H3,(H,16,20). The second kappa shape index (κ2) is 7.33. The second-order valence-electron chi connectivity index (χ2n) is 5.24. The molecule has 20 heavy (non-hydrogen) atoms. The molecule has 0 saturated carbocycles. The summed E-state index contributed by atoms with van der Waals surface area (Å²) in [5, 5.41) is 15.5. The molecule has 1 heterocycles. The van der Waals surface area contributed by atoms with Crippen LogP contribution < -0.4 is 5.32 Å². The number of nitrogens with zero attached hydrogens (tertiary/aromatic N) is 2. The third kappa shape index (κ3) is 4.88. The highest BCUT2D eigenvalue weighted by molar-refractivity contribution is 5.93. The van der Waals surface area contributed by atoms with E-state index in [4.69, 9.17) is 5.11 Å². The fraction of sp³-hybridized carbons (Fsp3) is 0.692. The van der Waals surface area contributed by atoms with E-state index in [1.165, 1.54) is 10.9 Å². The average molecular weight is 289 g/mol. The Labute approximate surface area is 117 Å². The minimum Gasteiger partial charge on any atom is -0.393 e. The molecule has 0 radical (unpaired) electrons. The van der Waals surface area contributed by atoms with Crippen molar-refractivity contribution in [1.29, 1.82) is 0 Å². The van der Waals surface area contributed by atoms with Gasteiger partial charge in [-0.1, -0.05) is 13.8 Å². The van der Waals surface area contributed by atoms with Gasteiger partial charge in [0.2, 0.25) is 0 Å². The molecule has 7 heteroatoms. The van der Waals surface area contributed by atoms with Crippen molar-refractivity contribution in [3.8, 4) is 0 Å². The minimum atomic E-state index is -2.74. The zero-order valence-corrected chi connectivity index (χ0v) is 11.9. The highest BCUT2D eigenvalue weighted by Crippen LogP contribution is 2.22. The summed E-state index contributed by atoms with van der Waals surface area (Å²) in [5.41, 5.74) is -0.605. The van der Waals surface area contributed by atoms with Crippen LogP contribution in [0.1, 0.15) is 49.7 Å². The molecule has 0 fully saturated rings. The Bertz CT molecular complexity index is 445. The number of carbonyl (C=O) groups is 1.